The molecule has 0 bridgehead atoms. The lowest BCUT2D eigenvalue weighted by Crippen LogP contribution is -2.12. The Morgan fingerprint density at radius 1 is 1.33 bits per heavy atom. The van der Waals surface area contributed by atoms with Gasteiger partial charge in [0.25, 0.3) is 0 Å². The van der Waals surface area contributed by atoms with Crippen LogP contribution in [0.2, 0.25) is 5.02 Å². The number of rotatable bonds is 3. The lowest BCUT2D eigenvalue weighted by atomic mass is 10.2. The maximum Gasteiger partial charge on any atom is 0.207 e. The molecular weight excluding hydrogens is 268 g/mol. The van der Waals surface area contributed by atoms with E-state index in [-0.39, 0.29) is 10.5 Å². The summed E-state index contributed by atoms with van der Waals surface area (Å²) in [6.07, 6.45) is 0. The summed E-state index contributed by atoms with van der Waals surface area (Å²) >= 11 is 7.51. The van der Waals surface area contributed by atoms with Gasteiger partial charge in [0.15, 0.2) is 5.76 Å². The third-order valence-electron chi connectivity index (χ3n) is 2.39. The van der Waals surface area contributed by atoms with Crippen molar-refractivity contribution in [3.05, 3.63) is 35.0 Å². The summed E-state index contributed by atoms with van der Waals surface area (Å²) in [4.78, 5) is 12.0. The molecule has 0 amide bonds. The number of hydrogen-bond donors (Lipinski definition) is 0. The van der Waals surface area contributed by atoms with Crippen LogP contribution in [0.15, 0.2) is 28.7 Å². The zero-order chi connectivity index (χ0) is 13.3. The maximum atomic E-state index is 12.0. The Morgan fingerprint density at radius 2 is 2.06 bits per heavy atom. The van der Waals surface area contributed by atoms with Gasteiger partial charge in [-0.15, -0.1) is 11.8 Å². The van der Waals surface area contributed by atoms with Gasteiger partial charge in [0.2, 0.25) is 5.78 Å². The molecule has 2 aromatic rings. The molecule has 18 heavy (non-hydrogen) atoms. The monoisotopic (exact) mass is 282 g/mol. The molecule has 1 aromatic carbocycles. The van der Waals surface area contributed by atoms with Gasteiger partial charge >= 0.3 is 0 Å². The van der Waals surface area contributed by atoms with Crippen LogP contribution in [0.25, 0.3) is 11.0 Å². The molecule has 0 aliphatic rings. The average molecular weight is 283 g/mol. The Bertz CT molecular complexity index is 581. The first-order valence-corrected chi connectivity index (χ1v) is 7.08. The second-order valence-corrected chi connectivity index (χ2v) is 7.36. The zero-order valence-electron chi connectivity index (χ0n) is 10.6. The Labute approximate surface area is 116 Å². The summed E-state index contributed by atoms with van der Waals surface area (Å²) in [6.45, 7) is 6.26. The predicted octanol–water partition coefficient (Wildman–Crippen LogP) is 4.80. The number of Topliss-reactive ketones (excluding diaryl/α,β-unsaturated/α-hetero) is 1. The van der Waals surface area contributed by atoms with Gasteiger partial charge in [0.1, 0.15) is 5.58 Å². The van der Waals surface area contributed by atoms with Crippen LogP contribution in [0.3, 0.4) is 0 Å². The summed E-state index contributed by atoms with van der Waals surface area (Å²) in [5, 5.41) is 1.51. The van der Waals surface area contributed by atoms with Crippen molar-refractivity contribution in [3.8, 4) is 0 Å². The fourth-order valence-corrected chi connectivity index (χ4v) is 2.39. The molecule has 0 radical (unpaired) electrons. The van der Waals surface area contributed by atoms with Crippen molar-refractivity contribution in [2.75, 3.05) is 5.75 Å². The van der Waals surface area contributed by atoms with Gasteiger partial charge in [0.05, 0.1) is 5.75 Å². The summed E-state index contributed by atoms with van der Waals surface area (Å²) < 4.78 is 5.60. The minimum absolute atomic E-state index is 0.0160. The number of carbonyl (C=O) groups is 1. The van der Waals surface area contributed by atoms with Crippen LogP contribution in [0.1, 0.15) is 31.3 Å². The molecule has 0 atom stereocenters. The van der Waals surface area contributed by atoms with Crippen molar-refractivity contribution >= 4 is 40.1 Å². The van der Waals surface area contributed by atoms with Gasteiger partial charge < -0.3 is 4.42 Å². The fraction of sp³-hybridized carbons (Fsp3) is 0.357. The van der Waals surface area contributed by atoms with Crippen LogP contribution in [0.5, 0.6) is 0 Å². The van der Waals surface area contributed by atoms with E-state index in [0.717, 1.165) is 5.39 Å². The van der Waals surface area contributed by atoms with Crippen LogP contribution in [-0.4, -0.2) is 16.3 Å². The quantitative estimate of drug-likeness (QED) is 0.758. The minimum Gasteiger partial charge on any atom is -0.453 e. The lowest BCUT2D eigenvalue weighted by molar-refractivity contribution is 0.0994. The molecule has 96 valence electrons. The predicted molar refractivity (Wildman–Crippen MR) is 77.8 cm³/mol. The number of furan rings is 1. The number of fused-ring (bicyclic) bond motifs is 1. The fourth-order valence-electron chi connectivity index (χ4n) is 1.50. The normalized spacial score (nSPS) is 12.0. The third-order valence-corrected chi connectivity index (χ3v) is 3.90. The smallest absolute Gasteiger partial charge is 0.207 e. The van der Waals surface area contributed by atoms with Crippen LogP contribution >= 0.6 is 23.4 Å². The number of benzene rings is 1. The summed E-state index contributed by atoms with van der Waals surface area (Å²) in [5.74, 6) is 0.850. The second kappa shape index (κ2) is 4.98. The molecule has 0 saturated heterocycles. The van der Waals surface area contributed by atoms with Crippen LogP contribution in [0, 0.1) is 0 Å². The standard InChI is InChI=1S/C14H15ClO2S/c1-14(2,3)18-8-11(16)13-7-9-6-10(15)4-5-12(9)17-13/h4-7H,8H2,1-3H3. The molecule has 0 N–H and O–H groups in total. The van der Waals surface area contributed by atoms with Crippen LogP contribution < -0.4 is 0 Å². The van der Waals surface area contributed by atoms with Crippen molar-refractivity contribution < 1.29 is 9.21 Å². The van der Waals surface area contributed by atoms with E-state index in [0.29, 0.717) is 22.1 Å². The molecule has 0 aliphatic heterocycles. The van der Waals surface area contributed by atoms with Crippen LogP contribution in [0.4, 0.5) is 0 Å². The van der Waals surface area contributed by atoms with Crippen molar-refractivity contribution in [1.82, 2.24) is 0 Å². The van der Waals surface area contributed by atoms with Gasteiger partial charge in [0, 0.05) is 15.2 Å². The summed E-state index contributed by atoms with van der Waals surface area (Å²) in [7, 11) is 0. The van der Waals surface area contributed by atoms with Crippen molar-refractivity contribution in [2.45, 2.75) is 25.5 Å². The number of ketones is 1. The van der Waals surface area contributed by atoms with E-state index < -0.39 is 0 Å². The number of halogens is 1. The Hall–Kier alpha value is -0.930. The van der Waals surface area contributed by atoms with Crippen molar-refractivity contribution in [1.29, 1.82) is 0 Å². The van der Waals surface area contributed by atoms with Crippen molar-refractivity contribution in [2.24, 2.45) is 0 Å². The summed E-state index contributed by atoms with van der Waals surface area (Å²) in [6, 6.07) is 7.09. The van der Waals surface area contributed by atoms with E-state index in [1.807, 2.05) is 0 Å². The Kier molecular flexibility index (Phi) is 3.74. The first kappa shape index (κ1) is 13.5. The van der Waals surface area contributed by atoms with Crippen LogP contribution in [-0.2, 0) is 0 Å². The Balaban J connectivity index is 2.18. The summed E-state index contributed by atoms with van der Waals surface area (Å²) in [5.41, 5.74) is 0.698. The van der Waals surface area contributed by atoms with Gasteiger partial charge in [-0.2, -0.15) is 0 Å². The number of hydrogen-bond acceptors (Lipinski definition) is 3. The van der Waals surface area contributed by atoms with Gasteiger partial charge in [-0.1, -0.05) is 32.4 Å². The number of carbonyl (C=O) groups excluding carboxylic acids is 1. The molecule has 0 saturated carbocycles. The highest BCUT2D eigenvalue weighted by molar-refractivity contribution is 8.01. The van der Waals surface area contributed by atoms with E-state index in [4.69, 9.17) is 16.0 Å². The van der Waals surface area contributed by atoms with Gasteiger partial charge in [-0.25, -0.2) is 0 Å². The Morgan fingerprint density at radius 3 is 2.72 bits per heavy atom. The van der Waals surface area contributed by atoms with E-state index in [2.05, 4.69) is 20.8 Å². The van der Waals surface area contributed by atoms with E-state index in [9.17, 15) is 4.79 Å². The topological polar surface area (TPSA) is 30.2 Å². The molecule has 0 unspecified atom stereocenters. The molecule has 1 heterocycles. The maximum absolute atomic E-state index is 12.0. The molecule has 2 rings (SSSR count). The molecule has 2 nitrogen and oxygen atoms in total. The highest BCUT2D eigenvalue weighted by atomic mass is 35.5. The highest BCUT2D eigenvalue weighted by Gasteiger charge is 2.17. The molecule has 4 heteroatoms. The van der Waals surface area contributed by atoms with E-state index in [1.165, 1.54) is 0 Å². The number of thioether (sulfide) groups is 1. The van der Waals surface area contributed by atoms with E-state index in [1.54, 1.807) is 36.0 Å². The minimum atomic E-state index is 0.0160. The first-order chi connectivity index (χ1) is 8.35. The van der Waals surface area contributed by atoms with E-state index >= 15 is 0 Å². The average Bonchev–Trinajstić information content (AvgIpc) is 2.67. The third kappa shape index (κ3) is 3.30. The van der Waals surface area contributed by atoms with Gasteiger partial charge in [-0.3, -0.25) is 4.79 Å². The SMILES string of the molecule is CC(C)(C)SCC(=O)c1cc2cc(Cl)ccc2o1. The van der Waals surface area contributed by atoms with Crippen molar-refractivity contribution in [3.63, 3.8) is 0 Å². The lowest BCUT2D eigenvalue weighted by Gasteiger charge is -2.16. The molecule has 0 spiro atoms. The second-order valence-electron chi connectivity index (χ2n) is 5.12. The molecule has 0 fully saturated rings. The molecule has 0 aliphatic carbocycles. The largest absolute Gasteiger partial charge is 0.453 e. The van der Waals surface area contributed by atoms with Gasteiger partial charge in [-0.05, 0) is 24.3 Å². The zero-order valence-corrected chi connectivity index (χ0v) is 12.2. The molecular formula is C14H15ClO2S. The highest BCUT2D eigenvalue weighted by Crippen LogP contribution is 2.27. The first-order valence-electron chi connectivity index (χ1n) is 5.71. The molecule has 1 aromatic heterocycles.